The lowest BCUT2D eigenvalue weighted by Crippen LogP contribution is -2.27. The van der Waals surface area contributed by atoms with E-state index < -0.39 is 7.05 Å². The molecule has 5 heteroatoms. The molecule has 0 atom stereocenters. The van der Waals surface area contributed by atoms with Crippen molar-refractivity contribution in [1.29, 1.82) is 0 Å². The molecule has 1 heterocycles. The Morgan fingerprint density at radius 3 is 2.94 bits per heavy atom. The van der Waals surface area contributed by atoms with Gasteiger partial charge in [0, 0.05) is 4.88 Å². The van der Waals surface area contributed by atoms with Gasteiger partial charge in [-0.25, -0.2) is 0 Å². The highest BCUT2D eigenvalue weighted by Crippen LogP contribution is 2.38. The molecule has 1 aromatic carbocycles. The van der Waals surface area contributed by atoms with Crippen molar-refractivity contribution in [2.75, 3.05) is 0 Å². The van der Waals surface area contributed by atoms with Crippen LogP contribution in [0.4, 0.5) is 0 Å². The molecule has 1 aliphatic rings. The molecule has 0 bridgehead atoms. The van der Waals surface area contributed by atoms with E-state index in [1.807, 2.05) is 30.4 Å². The molecule has 0 amide bonds. The van der Waals surface area contributed by atoms with E-state index >= 15 is 0 Å². The minimum atomic E-state index is -0.912. The van der Waals surface area contributed by atoms with Gasteiger partial charge in [0.05, 0.1) is 9.72 Å². The highest BCUT2D eigenvalue weighted by atomic mass is 35.5. The second-order valence-corrected chi connectivity index (χ2v) is 5.71. The Morgan fingerprint density at radius 2 is 2.17 bits per heavy atom. The fourth-order valence-corrected chi connectivity index (χ4v) is 3.61. The minimum Gasteiger partial charge on any atom is -0.434 e. The van der Waals surface area contributed by atoms with Crippen molar-refractivity contribution in [3.05, 3.63) is 51.3 Å². The number of halogens is 1. The van der Waals surface area contributed by atoms with Crippen LogP contribution in [0.15, 0.2) is 35.8 Å². The normalized spacial score (nSPS) is 14.3. The molecule has 0 radical (unpaired) electrons. The van der Waals surface area contributed by atoms with Crippen LogP contribution >= 0.6 is 22.9 Å². The van der Waals surface area contributed by atoms with Crippen molar-refractivity contribution in [3.63, 3.8) is 0 Å². The molecule has 0 unspecified atom stereocenters. The summed E-state index contributed by atoms with van der Waals surface area (Å²) in [4.78, 5) is 1.19. The third-order valence-corrected chi connectivity index (χ3v) is 4.79. The van der Waals surface area contributed by atoms with Crippen molar-refractivity contribution in [3.8, 4) is 0 Å². The first kappa shape index (κ1) is 12.0. The van der Waals surface area contributed by atoms with E-state index in [1.165, 1.54) is 15.8 Å². The maximum absolute atomic E-state index is 9.42. The van der Waals surface area contributed by atoms with Gasteiger partial charge in [0.15, 0.2) is 0 Å². The molecule has 0 saturated heterocycles. The molecule has 0 fully saturated rings. The first-order valence-corrected chi connectivity index (χ1v) is 6.88. The minimum absolute atomic E-state index is 0.758. The second-order valence-electron chi connectivity index (χ2n) is 4.25. The number of thiophene rings is 1. The molecule has 0 spiro atoms. The zero-order chi connectivity index (χ0) is 12.7. The predicted molar refractivity (Wildman–Crippen MR) is 79.8 cm³/mol. The van der Waals surface area contributed by atoms with Crippen molar-refractivity contribution < 1.29 is 5.02 Å². The van der Waals surface area contributed by atoms with Crippen LogP contribution in [0.25, 0.3) is 16.2 Å². The first-order valence-electron chi connectivity index (χ1n) is 5.68. The summed E-state index contributed by atoms with van der Waals surface area (Å²) in [6.07, 6.45) is 6.62. The van der Waals surface area contributed by atoms with Gasteiger partial charge in [0.2, 0.25) is 0 Å². The molecule has 18 heavy (non-hydrogen) atoms. The lowest BCUT2D eigenvalue weighted by molar-refractivity contribution is 0.583. The average Bonchev–Trinajstić information content (AvgIpc) is 2.56. The molecule has 3 N–H and O–H groups in total. The topological polar surface area (TPSA) is 46.2 Å². The van der Waals surface area contributed by atoms with E-state index in [0.717, 1.165) is 21.6 Å². The molecule has 2 aromatic rings. The van der Waals surface area contributed by atoms with Crippen molar-refractivity contribution >= 4 is 46.2 Å². The van der Waals surface area contributed by atoms with Gasteiger partial charge in [0.1, 0.15) is 0 Å². The standard InChI is InChI=1S/C13H11BClNOS/c15-11-3-1-2-10-9-6-4-8(14(16)17)5-7-12(9)18-13(10)11/h1-5,7,17H,6,16H2. The summed E-state index contributed by atoms with van der Waals surface area (Å²) in [6.45, 7) is 0. The smallest absolute Gasteiger partial charge is 0.410 e. The van der Waals surface area contributed by atoms with Gasteiger partial charge < -0.3 is 10.7 Å². The van der Waals surface area contributed by atoms with E-state index in [4.69, 9.17) is 17.2 Å². The molecule has 90 valence electrons. The monoisotopic (exact) mass is 275 g/mol. The fourth-order valence-electron chi connectivity index (χ4n) is 2.18. The van der Waals surface area contributed by atoms with Crippen LogP contribution in [0.3, 0.4) is 0 Å². The fraction of sp³-hybridized carbons (Fsp3) is 0.0769. The van der Waals surface area contributed by atoms with Gasteiger partial charge in [-0.3, -0.25) is 0 Å². The highest BCUT2D eigenvalue weighted by molar-refractivity contribution is 7.20. The van der Waals surface area contributed by atoms with Crippen molar-refractivity contribution in [2.24, 2.45) is 5.64 Å². The van der Waals surface area contributed by atoms with E-state index in [9.17, 15) is 5.02 Å². The Hall–Kier alpha value is -1.07. The van der Waals surface area contributed by atoms with Crippen LogP contribution in [0.5, 0.6) is 0 Å². The number of fused-ring (bicyclic) bond motifs is 3. The van der Waals surface area contributed by atoms with E-state index in [-0.39, 0.29) is 0 Å². The molecule has 0 saturated carbocycles. The molecule has 3 rings (SSSR count). The van der Waals surface area contributed by atoms with Crippen LogP contribution in [0, 0.1) is 0 Å². The molecule has 1 aromatic heterocycles. The summed E-state index contributed by atoms with van der Waals surface area (Å²) < 4.78 is 1.12. The Bertz CT molecular complexity index is 675. The maximum atomic E-state index is 9.42. The van der Waals surface area contributed by atoms with Gasteiger partial charge in [-0.1, -0.05) is 35.9 Å². The summed E-state index contributed by atoms with van der Waals surface area (Å²) in [5.41, 5.74) is 7.51. The van der Waals surface area contributed by atoms with Gasteiger partial charge in [0.25, 0.3) is 0 Å². The summed E-state index contributed by atoms with van der Waals surface area (Å²) in [5, 5.41) is 11.4. The number of allylic oxidation sites excluding steroid dienone is 3. The Labute approximate surface area is 115 Å². The van der Waals surface area contributed by atoms with Crippen LogP contribution < -0.4 is 5.64 Å². The van der Waals surface area contributed by atoms with E-state index in [1.54, 1.807) is 11.3 Å². The zero-order valence-corrected chi connectivity index (χ0v) is 11.1. The van der Waals surface area contributed by atoms with E-state index in [0.29, 0.717) is 0 Å². The number of rotatable bonds is 1. The van der Waals surface area contributed by atoms with Gasteiger partial charge in [-0.2, -0.15) is 0 Å². The SMILES string of the molecule is NB(O)C1=CCc2c(sc3c(Cl)cccc23)C=C1. The van der Waals surface area contributed by atoms with Crippen molar-refractivity contribution in [2.45, 2.75) is 6.42 Å². The Kier molecular flexibility index (Phi) is 3.03. The van der Waals surface area contributed by atoms with Gasteiger partial charge in [-0.15, -0.1) is 11.3 Å². The summed E-state index contributed by atoms with van der Waals surface area (Å²) >= 11 is 7.89. The number of benzene rings is 1. The number of hydrogen-bond donors (Lipinski definition) is 2. The third-order valence-electron chi connectivity index (χ3n) is 3.11. The zero-order valence-electron chi connectivity index (χ0n) is 9.56. The molecular weight excluding hydrogens is 264 g/mol. The van der Waals surface area contributed by atoms with Crippen LogP contribution in [-0.2, 0) is 6.42 Å². The number of hydrogen-bond acceptors (Lipinski definition) is 3. The molecular formula is C13H11BClNOS. The van der Waals surface area contributed by atoms with Crippen molar-refractivity contribution in [1.82, 2.24) is 0 Å². The van der Waals surface area contributed by atoms with Gasteiger partial charge in [-0.05, 0) is 35.0 Å². The maximum Gasteiger partial charge on any atom is 0.410 e. The number of nitrogens with two attached hydrogens (primary N) is 1. The summed E-state index contributed by atoms with van der Waals surface area (Å²) in [7, 11) is -0.912. The Morgan fingerprint density at radius 1 is 1.33 bits per heavy atom. The predicted octanol–water partition coefficient (Wildman–Crippen LogP) is 3.03. The van der Waals surface area contributed by atoms with Crippen LogP contribution in [0.2, 0.25) is 5.02 Å². The molecule has 2 nitrogen and oxygen atoms in total. The van der Waals surface area contributed by atoms with Gasteiger partial charge >= 0.3 is 7.05 Å². The second kappa shape index (κ2) is 4.55. The Balaban J connectivity index is 2.17. The molecule has 1 aliphatic carbocycles. The first-order chi connectivity index (χ1) is 8.66. The third kappa shape index (κ3) is 1.91. The van der Waals surface area contributed by atoms with Crippen LogP contribution in [-0.4, -0.2) is 12.1 Å². The summed E-state index contributed by atoms with van der Waals surface area (Å²) in [5.74, 6) is 0. The lowest BCUT2D eigenvalue weighted by Gasteiger charge is -1.99. The van der Waals surface area contributed by atoms with Crippen LogP contribution in [0.1, 0.15) is 10.4 Å². The average molecular weight is 276 g/mol. The largest absolute Gasteiger partial charge is 0.434 e. The van der Waals surface area contributed by atoms with E-state index in [2.05, 4.69) is 6.07 Å². The lowest BCUT2D eigenvalue weighted by atomic mass is 9.74. The summed E-state index contributed by atoms with van der Waals surface area (Å²) in [6, 6.07) is 5.96. The quantitative estimate of drug-likeness (QED) is 0.786. The molecule has 0 aliphatic heterocycles. The highest BCUT2D eigenvalue weighted by Gasteiger charge is 2.16.